The van der Waals surface area contributed by atoms with E-state index in [1.165, 1.54) is 45.5 Å². The first-order valence-corrected chi connectivity index (χ1v) is 12.4. The molecule has 0 saturated carbocycles. The number of hydrogen-bond donors (Lipinski definition) is 1. The molecule has 3 aromatic rings. The molecule has 0 aliphatic carbocycles. The van der Waals surface area contributed by atoms with Crippen LogP contribution in [-0.2, 0) is 10.0 Å². The predicted molar refractivity (Wildman–Crippen MR) is 126 cm³/mol. The van der Waals surface area contributed by atoms with Gasteiger partial charge in [0, 0.05) is 35.6 Å². The number of nitrogens with zero attached hydrogens (tertiary/aromatic N) is 3. The summed E-state index contributed by atoms with van der Waals surface area (Å²) in [5.41, 5.74) is 0.172. The molecule has 0 unspecified atom stereocenters. The van der Waals surface area contributed by atoms with Crippen LogP contribution in [0.15, 0.2) is 70.5 Å². The van der Waals surface area contributed by atoms with Gasteiger partial charge in [-0.1, -0.05) is 18.0 Å². The fourth-order valence-electron chi connectivity index (χ4n) is 3.77. The number of halogens is 1. The number of rotatable bonds is 5. The molecular weight excluding hydrogens is 464 g/mol. The summed E-state index contributed by atoms with van der Waals surface area (Å²) in [5, 5.41) is 7.30. The molecule has 8 nitrogen and oxygen atoms in total. The molecule has 172 valence electrons. The van der Waals surface area contributed by atoms with E-state index in [1.54, 1.807) is 24.3 Å². The Kier molecular flexibility index (Phi) is 6.64. The quantitative estimate of drug-likeness (QED) is 0.592. The van der Waals surface area contributed by atoms with Crippen LogP contribution in [0.4, 0.5) is 5.69 Å². The number of sulfonamides is 1. The van der Waals surface area contributed by atoms with Crippen molar-refractivity contribution in [3.05, 3.63) is 81.7 Å². The van der Waals surface area contributed by atoms with E-state index < -0.39 is 21.4 Å². The monoisotopic (exact) mass is 486 g/mol. The van der Waals surface area contributed by atoms with Crippen molar-refractivity contribution in [3.63, 3.8) is 0 Å². The van der Waals surface area contributed by atoms with E-state index in [4.69, 9.17) is 11.6 Å². The molecule has 1 aliphatic heterocycles. The maximum Gasteiger partial charge on any atom is 0.280 e. The third-order valence-electron chi connectivity index (χ3n) is 5.58. The number of amides is 1. The maximum absolute atomic E-state index is 13.0. The average Bonchev–Trinajstić information content (AvgIpc) is 2.80. The number of piperidine rings is 1. The van der Waals surface area contributed by atoms with Crippen LogP contribution >= 0.6 is 11.6 Å². The predicted octanol–water partition coefficient (Wildman–Crippen LogP) is 3.70. The molecule has 1 atom stereocenters. The third kappa shape index (κ3) is 5.00. The zero-order chi connectivity index (χ0) is 23.6. The van der Waals surface area contributed by atoms with Crippen LogP contribution in [0.3, 0.4) is 0 Å². The topological polar surface area (TPSA) is 101 Å². The van der Waals surface area contributed by atoms with E-state index >= 15 is 0 Å². The summed E-state index contributed by atoms with van der Waals surface area (Å²) in [6.07, 6.45) is 4.16. The van der Waals surface area contributed by atoms with E-state index in [2.05, 4.69) is 10.4 Å². The van der Waals surface area contributed by atoms with Crippen molar-refractivity contribution in [2.45, 2.75) is 37.1 Å². The highest BCUT2D eigenvalue weighted by atomic mass is 35.5. The van der Waals surface area contributed by atoms with Crippen molar-refractivity contribution in [3.8, 4) is 5.69 Å². The van der Waals surface area contributed by atoms with Crippen molar-refractivity contribution in [1.29, 1.82) is 0 Å². The van der Waals surface area contributed by atoms with Gasteiger partial charge in [-0.25, -0.2) is 13.1 Å². The van der Waals surface area contributed by atoms with Gasteiger partial charge in [0.1, 0.15) is 0 Å². The number of hydrogen-bond acceptors (Lipinski definition) is 5. The lowest BCUT2D eigenvalue weighted by atomic mass is 10.1. The highest BCUT2D eigenvalue weighted by Crippen LogP contribution is 2.26. The second-order valence-corrected chi connectivity index (χ2v) is 10.2. The minimum Gasteiger partial charge on any atom is -0.320 e. The number of carbonyl (C=O) groups excluding carboxylic acids is 1. The molecule has 4 rings (SSSR count). The summed E-state index contributed by atoms with van der Waals surface area (Å²) < 4.78 is 28.9. The zero-order valence-corrected chi connectivity index (χ0v) is 19.5. The Morgan fingerprint density at radius 3 is 2.42 bits per heavy atom. The van der Waals surface area contributed by atoms with Gasteiger partial charge in [0.25, 0.3) is 5.91 Å². The summed E-state index contributed by atoms with van der Waals surface area (Å²) in [4.78, 5) is 25.1. The maximum atomic E-state index is 13.0. The van der Waals surface area contributed by atoms with Gasteiger partial charge in [-0.2, -0.15) is 9.40 Å². The number of carbonyl (C=O) groups is 1. The number of aromatic nitrogens is 2. The van der Waals surface area contributed by atoms with Gasteiger partial charge in [-0.05, 0) is 68.3 Å². The average molecular weight is 487 g/mol. The van der Waals surface area contributed by atoms with Gasteiger partial charge in [0.05, 0.1) is 10.6 Å². The first kappa shape index (κ1) is 23.2. The van der Waals surface area contributed by atoms with Crippen LogP contribution < -0.4 is 10.7 Å². The first-order valence-electron chi connectivity index (χ1n) is 10.5. The van der Waals surface area contributed by atoms with E-state index in [-0.39, 0.29) is 16.6 Å². The lowest BCUT2D eigenvalue weighted by Crippen LogP contribution is -2.41. The molecule has 1 aromatic heterocycles. The van der Waals surface area contributed by atoms with E-state index in [1.807, 2.05) is 6.92 Å². The van der Waals surface area contributed by atoms with Gasteiger partial charge in [0.15, 0.2) is 5.69 Å². The van der Waals surface area contributed by atoms with Gasteiger partial charge in [-0.3, -0.25) is 9.59 Å². The third-order valence-corrected chi connectivity index (χ3v) is 7.86. The molecule has 1 fully saturated rings. The van der Waals surface area contributed by atoms with E-state index in [0.29, 0.717) is 22.9 Å². The largest absolute Gasteiger partial charge is 0.320 e. The molecule has 10 heteroatoms. The molecule has 1 saturated heterocycles. The van der Waals surface area contributed by atoms with Crippen LogP contribution in [0.1, 0.15) is 36.7 Å². The van der Waals surface area contributed by atoms with Crippen LogP contribution in [0.5, 0.6) is 0 Å². The molecule has 0 bridgehead atoms. The molecule has 0 radical (unpaired) electrons. The van der Waals surface area contributed by atoms with Crippen LogP contribution in [0, 0.1) is 0 Å². The molecule has 1 aliphatic rings. The van der Waals surface area contributed by atoms with Crippen LogP contribution in [0.25, 0.3) is 5.69 Å². The second kappa shape index (κ2) is 9.46. The van der Waals surface area contributed by atoms with Gasteiger partial charge in [-0.15, -0.1) is 0 Å². The summed E-state index contributed by atoms with van der Waals surface area (Å²) in [7, 11) is -3.61. The summed E-state index contributed by atoms with van der Waals surface area (Å²) in [6.45, 7) is 2.41. The Hall–Kier alpha value is -3.01. The number of anilines is 1. The van der Waals surface area contributed by atoms with Gasteiger partial charge in [0.2, 0.25) is 15.5 Å². The fourth-order valence-corrected chi connectivity index (χ4v) is 5.59. The number of nitrogens with one attached hydrogen (secondary N) is 1. The summed E-state index contributed by atoms with van der Waals surface area (Å²) >= 11 is 5.90. The zero-order valence-electron chi connectivity index (χ0n) is 17.9. The van der Waals surface area contributed by atoms with E-state index in [0.717, 1.165) is 19.3 Å². The summed E-state index contributed by atoms with van der Waals surface area (Å²) in [5.74, 6) is -0.691. The molecule has 2 aromatic carbocycles. The molecule has 1 amide bonds. The van der Waals surface area contributed by atoms with Gasteiger partial charge < -0.3 is 5.32 Å². The Balaban J connectivity index is 1.53. The normalized spacial score (nSPS) is 17.0. The standard InChI is InChI=1S/C23H23ClN4O4S/c1-16-4-2-3-14-28(16)33(31,32)20-11-7-18(8-12-20)25-23(30)22-21(29)13-15-27(26-22)19-9-5-17(24)6-10-19/h5-13,15-16H,2-4,14H2,1H3,(H,25,30)/t16-/m0/s1. The first-order chi connectivity index (χ1) is 15.8. The summed E-state index contributed by atoms with van der Waals surface area (Å²) in [6, 6.07) is 13.9. The fraction of sp³-hybridized carbons (Fsp3) is 0.261. The van der Waals surface area contributed by atoms with Gasteiger partial charge >= 0.3 is 0 Å². The van der Waals surface area contributed by atoms with E-state index in [9.17, 15) is 18.0 Å². The molecule has 33 heavy (non-hydrogen) atoms. The molecule has 1 N–H and O–H groups in total. The lowest BCUT2D eigenvalue weighted by Gasteiger charge is -2.32. The van der Waals surface area contributed by atoms with Crippen LogP contribution in [-0.4, -0.2) is 41.0 Å². The van der Waals surface area contributed by atoms with Crippen molar-refractivity contribution in [2.24, 2.45) is 0 Å². The Morgan fingerprint density at radius 1 is 1.06 bits per heavy atom. The van der Waals surface area contributed by atoms with Crippen molar-refractivity contribution < 1.29 is 13.2 Å². The van der Waals surface area contributed by atoms with Crippen LogP contribution in [0.2, 0.25) is 5.02 Å². The Morgan fingerprint density at radius 2 is 1.76 bits per heavy atom. The highest BCUT2D eigenvalue weighted by Gasteiger charge is 2.30. The van der Waals surface area contributed by atoms with Crippen molar-refractivity contribution >= 4 is 33.2 Å². The highest BCUT2D eigenvalue weighted by molar-refractivity contribution is 7.89. The minimum absolute atomic E-state index is 0.0462. The Labute approximate surface area is 196 Å². The molecule has 0 spiro atoms. The SMILES string of the molecule is C[C@H]1CCCCN1S(=O)(=O)c1ccc(NC(=O)c2nn(-c3ccc(Cl)cc3)ccc2=O)cc1. The lowest BCUT2D eigenvalue weighted by molar-refractivity contribution is 0.101. The Bertz CT molecular complexity index is 1320. The molecule has 2 heterocycles. The number of benzene rings is 2. The minimum atomic E-state index is -3.61. The molecular formula is C23H23ClN4O4S. The second-order valence-electron chi connectivity index (χ2n) is 7.89. The van der Waals surface area contributed by atoms with Crippen molar-refractivity contribution in [2.75, 3.05) is 11.9 Å². The van der Waals surface area contributed by atoms with Crippen molar-refractivity contribution in [1.82, 2.24) is 14.1 Å². The smallest absolute Gasteiger partial charge is 0.280 e.